The van der Waals surface area contributed by atoms with Gasteiger partial charge in [0.05, 0.1) is 5.69 Å². The van der Waals surface area contributed by atoms with Crippen molar-refractivity contribution >= 4 is 5.95 Å². The van der Waals surface area contributed by atoms with E-state index < -0.39 is 6.36 Å². The van der Waals surface area contributed by atoms with Gasteiger partial charge in [0.25, 0.3) is 0 Å². The molecule has 4 nitrogen and oxygen atoms in total. The van der Waals surface area contributed by atoms with Crippen LogP contribution in [0, 0.1) is 6.92 Å². The summed E-state index contributed by atoms with van der Waals surface area (Å²) in [6.07, 6.45) is -3.09. The van der Waals surface area contributed by atoms with Crippen LogP contribution in [0.4, 0.5) is 19.1 Å². The summed E-state index contributed by atoms with van der Waals surface area (Å²) in [7, 11) is 0. The average molecular weight is 297 g/mol. The molecule has 0 atom stereocenters. The third kappa shape index (κ3) is 4.08. The average Bonchev–Trinajstić information content (AvgIpc) is 2.39. The number of alkyl halides is 3. The van der Waals surface area contributed by atoms with Crippen LogP contribution in [0.2, 0.25) is 0 Å². The van der Waals surface area contributed by atoms with E-state index in [2.05, 4.69) is 20.0 Å². The Bertz CT molecular complexity index is 629. The maximum atomic E-state index is 12.3. The largest absolute Gasteiger partial charge is 0.573 e. The SMILES string of the molecule is CCNc1ncc(C)c(-c2cccc(OC(F)(F)F)c2)n1. The Balaban J connectivity index is 2.37. The van der Waals surface area contributed by atoms with Gasteiger partial charge in [-0.05, 0) is 31.5 Å². The number of aryl methyl sites for hydroxylation is 1. The molecule has 0 aliphatic carbocycles. The van der Waals surface area contributed by atoms with Crippen molar-refractivity contribution in [1.82, 2.24) is 9.97 Å². The monoisotopic (exact) mass is 297 g/mol. The number of nitrogens with one attached hydrogen (secondary N) is 1. The van der Waals surface area contributed by atoms with E-state index >= 15 is 0 Å². The second-order valence-corrected chi connectivity index (χ2v) is 4.33. The Morgan fingerprint density at radius 2 is 2.05 bits per heavy atom. The molecule has 0 amide bonds. The first-order valence-corrected chi connectivity index (χ1v) is 6.32. The standard InChI is InChI=1S/C14H14F3N3O/c1-3-18-13-19-8-9(2)12(20-13)10-5-4-6-11(7-10)21-14(15,16)17/h4-8H,3H2,1-2H3,(H,18,19,20). The van der Waals surface area contributed by atoms with Crippen LogP contribution >= 0.6 is 0 Å². The van der Waals surface area contributed by atoms with E-state index in [4.69, 9.17) is 0 Å². The fourth-order valence-electron chi connectivity index (χ4n) is 1.82. The van der Waals surface area contributed by atoms with Gasteiger partial charge in [-0.15, -0.1) is 13.2 Å². The molecule has 1 heterocycles. The molecule has 0 radical (unpaired) electrons. The lowest BCUT2D eigenvalue weighted by atomic mass is 10.1. The first-order valence-electron chi connectivity index (χ1n) is 6.32. The van der Waals surface area contributed by atoms with Crippen LogP contribution in [0.3, 0.4) is 0 Å². The highest BCUT2D eigenvalue weighted by molar-refractivity contribution is 5.65. The fourth-order valence-corrected chi connectivity index (χ4v) is 1.82. The first kappa shape index (κ1) is 15.1. The van der Waals surface area contributed by atoms with Crippen LogP contribution < -0.4 is 10.1 Å². The number of halogens is 3. The normalized spacial score (nSPS) is 11.3. The van der Waals surface area contributed by atoms with Crippen molar-refractivity contribution < 1.29 is 17.9 Å². The summed E-state index contributed by atoms with van der Waals surface area (Å²) >= 11 is 0. The minimum Gasteiger partial charge on any atom is -0.406 e. The van der Waals surface area contributed by atoms with Crippen LogP contribution in [0.25, 0.3) is 11.3 Å². The van der Waals surface area contributed by atoms with Crippen LogP contribution in [0.5, 0.6) is 5.75 Å². The third-order valence-corrected chi connectivity index (χ3v) is 2.65. The lowest BCUT2D eigenvalue weighted by Gasteiger charge is -2.11. The molecule has 0 saturated heterocycles. The molecule has 2 rings (SSSR count). The Kier molecular flexibility index (Phi) is 4.30. The van der Waals surface area contributed by atoms with Crippen molar-refractivity contribution in [2.45, 2.75) is 20.2 Å². The lowest BCUT2D eigenvalue weighted by molar-refractivity contribution is -0.274. The third-order valence-electron chi connectivity index (χ3n) is 2.65. The van der Waals surface area contributed by atoms with Crippen LogP contribution in [0.15, 0.2) is 30.5 Å². The highest BCUT2D eigenvalue weighted by atomic mass is 19.4. The quantitative estimate of drug-likeness (QED) is 0.933. The summed E-state index contributed by atoms with van der Waals surface area (Å²) in [4.78, 5) is 8.41. The zero-order chi connectivity index (χ0) is 15.5. The molecular formula is C14H14F3N3O. The Labute approximate surface area is 120 Å². The highest BCUT2D eigenvalue weighted by Gasteiger charge is 2.31. The predicted octanol–water partition coefficient (Wildman–Crippen LogP) is 3.78. The van der Waals surface area contributed by atoms with Crippen molar-refractivity contribution in [2.24, 2.45) is 0 Å². The number of ether oxygens (including phenoxy) is 1. The molecule has 21 heavy (non-hydrogen) atoms. The summed E-state index contributed by atoms with van der Waals surface area (Å²) < 4.78 is 40.7. The molecule has 0 saturated carbocycles. The van der Waals surface area contributed by atoms with Crippen molar-refractivity contribution in [2.75, 3.05) is 11.9 Å². The number of hydrogen-bond acceptors (Lipinski definition) is 4. The zero-order valence-corrected chi connectivity index (χ0v) is 11.5. The van der Waals surface area contributed by atoms with E-state index in [9.17, 15) is 13.2 Å². The van der Waals surface area contributed by atoms with E-state index in [0.717, 1.165) is 5.56 Å². The number of aromatic nitrogens is 2. The molecule has 0 spiro atoms. The number of hydrogen-bond donors (Lipinski definition) is 1. The van der Waals surface area contributed by atoms with Crippen molar-refractivity contribution in [3.05, 3.63) is 36.0 Å². The van der Waals surface area contributed by atoms with Gasteiger partial charge in [-0.2, -0.15) is 0 Å². The van der Waals surface area contributed by atoms with Gasteiger partial charge < -0.3 is 10.1 Å². The first-order chi connectivity index (χ1) is 9.89. The molecule has 2 aromatic rings. The van der Waals surface area contributed by atoms with Gasteiger partial charge in [-0.25, -0.2) is 9.97 Å². The van der Waals surface area contributed by atoms with Crippen LogP contribution in [-0.2, 0) is 0 Å². The molecule has 7 heteroatoms. The molecule has 0 fully saturated rings. The minimum absolute atomic E-state index is 0.275. The smallest absolute Gasteiger partial charge is 0.406 e. The Morgan fingerprint density at radius 1 is 1.29 bits per heavy atom. The molecule has 1 N–H and O–H groups in total. The van der Waals surface area contributed by atoms with E-state index in [1.807, 2.05) is 6.92 Å². The Hall–Kier alpha value is -2.31. The van der Waals surface area contributed by atoms with Gasteiger partial charge in [-0.3, -0.25) is 0 Å². The van der Waals surface area contributed by atoms with Crippen LogP contribution in [-0.4, -0.2) is 22.9 Å². The minimum atomic E-state index is -4.71. The molecule has 0 unspecified atom stereocenters. The maximum absolute atomic E-state index is 12.3. The molecule has 112 valence electrons. The second-order valence-electron chi connectivity index (χ2n) is 4.33. The molecular weight excluding hydrogens is 283 g/mol. The summed E-state index contributed by atoms with van der Waals surface area (Å²) in [5.41, 5.74) is 1.87. The highest BCUT2D eigenvalue weighted by Crippen LogP contribution is 2.28. The van der Waals surface area contributed by atoms with Gasteiger partial charge in [0.15, 0.2) is 0 Å². The summed E-state index contributed by atoms with van der Waals surface area (Å²) in [5, 5.41) is 2.96. The number of nitrogens with zero attached hydrogens (tertiary/aromatic N) is 2. The number of benzene rings is 1. The van der Waals surface area contributed by atoms with Crippen molar-refractivity contribution in [3.63, 3.8) is 0 Å². The predicted molar refractivity (Wildman–Crippen MR) is 73.1 cm³/mol. The zero-order valence-electron chi connectivity index (χ0n) is 11.5. The van der Waals surface area contributed by atoms with E-state index in [-0.39, 0.29) is 5.75 Å². The van der Waals surface area contributed by atoms with E-state index in [1.165, 1.54) is 18.2 Å². The van der Waals surface area contributed by atoms with E-state index in [1.54, 1.807) is 19.2 Å². The van der Waals surface area contributed by atoms with Gasteiger partial charge in [0.1, 0.15) is 5.75 Å². The number of rotatable bonds is 4. The summed E-state index contributed by atoms with van der Waals surface area (Å²) in [5.74, 6) is 0.156. The summed E-state index contributed by atoms with van der Waals surface area (Å²) in [6, 6.07) is 5.72. The molecule has 1 aromatic carbocycles. The summed E-state index contributed by atoms with van der Waals surface area (Å²) in [6.45, 7) is 4.35. The van der Waals surface area contributed by atoms with Crippen molar-refractivity contribution in [3.8, 4) is 17.0 Å². The molecule has 0 aliphatic rings. The van der Waals surface area contributed by atoms with E-state index in [0.29, 0.717) is 23.8 Å². The lowest BCUT2D eigenvalue weighted by Crippen LogP contribution is -2.17. The maximum Gasteiger partial charge on any atom is 0.573 e. The fraction of sp³-hybridized carbons (Fsp3) is 0.286. The molecule has 0 aliphatic heterocycles. The van der Waals surface area contributed by atoms with Crippen molar-refractivity contribution in [1.29, 1.82) is 0 Å². The van der Waals surface area contributed by atoms with Crippen LogP contribution in [0.1, 0.15) is 12.5 Å². The molecule has 0 bridgehead atoms. The van der Waals surface area contributed by atoms with Gasteiger partial charge in [-0.1, -0.05) is 12.1 Å². The number of anilines is 1. The molecule has 1 aromatic heterocycles. The van der Waals surface area contributed by atoms with Gasteiger partial charge in [0, 0.05) is 18.3 Å². The van der Waals surface area contributed by atoms with Gasteiger partial charge >= 0.3 is 6.36 Å². The van der Waals surface area contributed by atoms with Gasteiger partial charge in [0.2, 0.25) is 5.95 Å². The topological polar surface area (TPSA) is 47.0 Å². The second kappa shape index (κ2) is 5.99. The Morgan fingerprint density at radius 3 is 2.71 bits per heavy atom.